The molecule has 2 aromatic carbocycles. The number of rotatable bonds is 3. The number of halogens is 1. The molecule has 1 fully saturated rings. The molecule has 0 spiro atoms. The van der Waals surface area contributed by atoms with Crippen molar-refractivity contribution in [1.82, 2.24) is 10.3 Å². The summed E-state index contributed by atoms with van der Waals surface area (Å²) in [6.45, 7) is 0. The Labute approximate surface area is 174 Å². The lowest BCUT2D eigenvalue weighted by Crippen LogP contribution is -2.31. The summed E-state index contributed by atoms with van der Waals surface area (Å²) in [6, 6.07) is 17.4. The highest BCUT2D eigenvalue weighted by atomic mass is 32.1. The van der Waals surface area contributed by atoms with Crippen LogP contribution in [0, 0.1) is 5.82 Å². The predicted octanol–water partition coefficient (Wildman–Crippen LogP) is 4.96. The molecule has 1 aliphatic rings. The zero-order chi connectivity index (χ0) is 20.0. The van der Waals surface area contributed by atoms with E-state index in [1.165, 1.54) is 23.5 Å². The molecule has 1 amide bonds. The minimum atomic E-state index is -0.526. The van der Waals surface area contributed by atoms with E-state index in [0.29, 0.717) is 11.5 Å². The van der Waals surface area contributed by atoms with Crippen LogP contribution in [0.25, 0.3) is 27.1 Å². The van der Waals surface area contributed by atoms with Crippen LogP contribution in [0.4, 0.5) is 10.1 Å². The van der Waals surface area contributed by atoms with Crippen LogP contribution in [0.15, 0.2) is 70.8 Å². The fraction of sp³-hybridized carbons (Fsp3) is 0. The van der Waals surface area contributed by atoms with Gasteiger partial charge in [0.05, 0.1) is 15.9 Å². The maximum Gasteiger partial charge on any atom is 0.281 e. The summed E-state index contributed by atoms with van der Waals surface area (Å²) >= 11 is 6.75. The third-order valence-corrected chi connectivity index (χ3v) is 5.73. The van der Waals surface area contributed by atoms with E-state index < -0.39 is 11.7 Å². The van der Waals surface area contributed by atoms with Crippen molar-refractivity contribution in [2.45, 2.75) is 0 Å². The van der Waals surface area contributed by atoms with E-state index in [1.807, 2.05) is 24.3 Å². The number of thiocarbonyl (C=S) groups is 1. The summed E-state index contributed by atoms with van der Waals surface area (Å²) in [6.07, 6.45) is 1.55. The van der Waals surface area contributed by atoms with E-state index >= 15 is 0 Å². The second kappa shape index (κ2) is 6.91. The number of thiazole rings is 1. The van der Waals surface area contributed by atoms with Crippen LogP contribution >= 0.6 is 23.6 Å². The van der Waals surface area contributed by atoms with E-state index in [2.05, 4.69) is 10.3 Å². The summed E-state index contributed by atoms with van der Waals surface area (Å²) < 4.78 is 21.0. The zero-order valence-electron chi connectivity index (χ0n) is 14.8. The van der Waals surface area contributed by atoms with Gasteiger partial charge >= 0.3 is 0 Å². The summed E-state index contributed by atoms with van der Waals surface area (Å²) in [7, 11) is 0. The van der Waals surface area contributed by atoms with Gasteiger partial charge in [0.25, 0.3) is 5.91 Å². The molecule has 1 saturated heterocycles. The van der Waals surface area contributed by atoms with Gasteiger partial charge in [0, 0.05) is 6.08 Å². The minimum absolute atomic E-state index is 0.105. The molecule has 4 aromatic rings. The lowest BCUT2D eigenvalue weighted by Gasteiger charge is -2.14. The van der Waals surface area contributed by atoms with E-state index in [1.54, 1.807) is 30.3 Å². The first-order valence-corrected chi connectivity index (χ1v) is 9.90. The van der Waals surface area contributed by atoms with Crippen LogP contribution in [0.3, 0.4) is 0 Å². The highest BCUT2D eigenvalue weighted by molar-refractivity contribution is 7.80. The molecule has 5 rings (SSSR count). The van der Waals surface area contributed by atoms with Crippen molar-refractivity contribution in [3.8, 4) is 10.8 Å². The number of para-hydroxylation sites is 2. The van der Waals surface area contributed by atoms with Gasteiger partial charge in [-0.15, -0.1) is 11.3 Å². The van der Waals surface area contributed by atoms with Crippen LogP contribution in [-0.2, 0) is 4.79 Å². The molecule has 5 nitrogen and oxygen atoms in total. The first-order chi connectivity index (χ1) is 14.1. The molecule has 0 atom stereocenters. The standard InChI is InChI=1S/C21H12FN3O2S2/c22-13-5-1-3-7-16(13)25-20(26)15(24-21(25)28)11-12-9-10-17(27-12)19-23-14-6-2-4-8-18(14)29-19/h1-11H,(H,24,28)/b15-11-. The highest BCUT2D eigenvalue weighted by Crippen LogP contribution is 2.32. The highest BCUT2D eigenvalue weighted by Gasteiger charge is 2.33. The second-order valence-electron chi connectivity index (χ2n) is 6.27. The molecule has 8 heteroatoms. The number of nitrogens with one attached hydrogen (secondary N) is 1. The zero-order valence-corrected chi connectivity index (χ0v) is 16.4. The van der Waals surface area contributed by atoms with E-state index in [0.717, 1.165) is 20.1 Å². The number of carbonyl (C=O) groups excluding carboxylic acids is 1. The lowest BCUT2D eigenvalue weighted by atomic mass is 10.2. The fourth-order valence-electron chi connectivity index (χ4n) is 3.05. The number of carbonyl (C=O) groups is 1. The third-order valence-electron chi connectivity index (χ3n) is 4.39. The summed E-state index contributed by atoms with van der Waals surface area (Å²) in [5.41, 5.74) is 1.22. The number of aromatic nitrogens is 1. The maximum absolute atomic E-state index is 14.1. The van der Waals surface area contributed by atoms with Crippen LogP contribution in [0.5, 0.6) is 0 Å². The van der Waals surface area contributed by atoms with Gasteiger partial charge in [-0.05, 0) is 48.6 Å². The van der Waals surface area contributed by atoms with Gasteiger partial charge in [-0.25, -0.2) is 14.3 Å². The molecule has 0 bridgehead atoms. The molecule has 3 heterocycles. The molecular formula is C21H12FN3O2S2. The van der Waals surface area contributed by atoms with Gasteiger partial charge in [-0.2, -0.15) is 0 Å². The number of hydrogen-bond acceptors (Lipinski definition) is 5. The molecule has 2 aromatic heterocycles. The van der Waals surface area contributed by atoms with Crippen LogP contribution in [-0.4, -0.2) is 16.0 Å². The van der Waals surface area contributed by atoms with E-state index in [-0.39, 0.29) is 16.5 Å². The Morgan fingerprint density at radius 2 is 1.90 bits per heavy atom. The number of fused-ring (bicyclic) bond motifs is 1. The molecule has 0 aliphatic carbocycles. The van der Waals surface area contributed by atoms with Gasteiger partial charge in [-0.1, -0.05) is 24.3 Å². The van der Waals surface area contributed by atoms with Crippen molar-refractivity contribution in [3.63, 3.8) is 0 Å². The van der Waals surface area contributed by atoms with Crippen molar-refractivity contribution >= 4 is 56.6 Å². The molecule has 0 radical (unpaired) electrons. The van der Waals surface area contributed by atoms with Crippen LogP contribution in [0.2, 0.25) is 0 Å². The lowest BCUT2D eigenvalue weighted by molar-refractivity contribution is -0.113. The van der Waals surface area contributed by atoms with Gasteiger partial charge < -0.3 is 9.73 Å². The molecule has 0 unspecified atom stereocenters. The SMILES string of the molecule is O=C1/C(=C/c2ccc(-c3nc4ccccc4s3)o2)NC(=S)N1c1ccccc1F. The predicted molar refractivity (Wildman–Crippen MR) is 115 cm³/mol. The molecule has 1 N–H and O–H groups in total. The average molecular weight is 421 g/mol. The first-order valence-electron chi connectivity index (χ1n) is 8.67. The van der Waals surface area contributed by atoms with Crippen LogP contribution < -0.4 is 10.2 Å². The summed E-state index contributed by atoms with van der Waals surface area (Å²) in [5, 5.41) is 3.70. The van der Waals surface area contributed by atoms with Gasteiger partial charge in [-0.3, -0.25) is 4.79 Å². The van der Waals surface area contributed by atoms with E-state index in [4.69, 9.17) is 16.6 Å². The van der Waals surface area contributed by atoms with Crippen molar-refractivity contribution in [3.05, 3.63) is 77.9 Å². The number of nitrogens with zero attached hydrogens (tertiary/aromatic N) is 2. The largest absolute Gasteiger partial charge is 0.454 e. The number of benzene rings is 2. The topological polar surface area (TPSA) is 58.4 Å². The number of furan rings is 1. The van der Waals surface area contributed by atoms with E-state index in [9.17, 15) is 9.18 Å². The Morgan fingerprint density at radius 3 is 2.72 bits per heavy atom. The Hall–Kier alpha value is -3.36. The summed E-state index contributed by atoms with van der Waals surface area (Å²) in [5.74, 6) is 0.103. The first kappa shape index (κ1) is 17.7. The monoisotopic (exact) mass is 421 g/mol. The Bertz CT molecular complexity index is 1280. The molecular weight excluding hydrogens is 409 g/mol. The van der Waals surface area contributed by atoms with Gasteiger partial charge in [0.1, 0.15) is 17.3 Å². The molecule has 0 saturated carbocycles. The summed E-state index contributed by atoms with van der Waals surface area (Å²) in [4.78, 5) is 18.5. The molecule has 1 aliphatic heterocycles. The number of amides is 1. The molecule has 29 heavy (non-hydrogen) atoms. The fourth-order valence-corrected chi connectivity index (χ4v) is 4.27. The third kappa shape index (κ3) is 3.12. The average Bonchev–Trinajstić information content (AvgIpc) is 3.41. The normalized spacial score (nSPS) is 15.5. The van der Waals surface area contributed by atoms with Crippen molar-refractivity contribution in [2.75, 3.05) is 4.90 Å². The molecule has 142 valence electrons. The minimum Gasteiger partial charge on any atom is -0.454 e. The smallest absolute Gasteiger partial charge is 0.281 e. The quantitative estimate of drug-likeness (QED) is 0.374. The van der Waals surface area contributed by atoms with Gasteiger partial charge in [0.15, 0.2) is 15.9 Å². The van der Waals surface area contributed by atoms with Crippen molar-refractivity contribution < 1.29 is 13.6 Å². The van der Waals surface area contributed by atoms with Crippen molar-refractivity contribution in [1.29, 1.82) is 0 Å². The Morgan fingerprint density at radius 1 is 1.10 bits per heavy atom. The second-order valence-corrected chi connectivity index (χ2v) is 7.69. The van der Waals surface area contributed by atoms with Gasteiger partial charge in [0.2, 0.25) is 0 Å². The number of hydrogen-bond donors (Lipinski definition) is 1. The number of anilines is 1. The Kier molecular flexibility index (Phi) is 4.22. The maximum atomic E-state index is 14.1. The Balaban J connectivity index is 1.45. The van der Waals surface area contributed by atoms with Crippen molar-refractivity contribution in [2.24, 2.45) is 0 Å². The van der Waals surface area contributed by atoms with Crippen LogP contribution in [0.1, 0.15) is 5.76 Å².